The number of hydrogen-bond donors (Lipinski definition) is 4. The predicted octanol–water partition coefficient (Wildman–Crippen LogP) is 7.70. The monoisotopic (exact) mass is 1200 g/mol. The van der Waals surface area contributed by atoms with Crippen LogP contribution in [0.2, 0.25) is 5.02 Å². The van der Waals surface area contributed by atoms with Crippen LogP contribution in [-0.2, 0) is 57.4 Å². The summed E-state index contributed by atoms with van der Waals surface area (Å²) in [6, 6.07) is 24.6. The maximum absolute atomic E-state index is 15.3. The van der Waals surface area contributed by atoms with E-state index in [4.69, 9.17) is 44.2 Å². The largest absolute Gasteiger partial charge is 0.495 e. The fourth-order valence-corrected chi connectivity index (χ4v) is 14.6. The van der Waals surface area contributed by atoms with Crippen molar-refractivity contribution in [2.45, 2.75) is 76.9 Å². The minimum Gasteiger partial charge on any atom is -0.495 e. The van der Waals surface area contributed by atoms with Crippen LogP contribution in [0.3, 0.4) is 0 Å². The quantitative estimate of drug-likeness (QED) is 0.0361. The Morgan fingerprint density at radius 2 is 1.48 bits per heavy atom. The molecule has 2 unspecified atom stereocenters. The van der Waals surface area contributed by atoms with E-state index in [0.29, 0.717) is 32.7 Å². The fourth-order valence-electron chi connectivity index (χ4n) is 11.5. The van der Waals surface area contributed by atoms with Crippen LogP contribution in [0.25, 0.3) is 0 Å². The topological polar surface area (TPSA) is 264 Å². The van der Waals surface area contributed by atoms with Crippen molar-refractivity contribution in [2.75, 3.05) is 46.7 Å². The van der Waals surface area contributed by atoms with E-state index in [1.165, 1.54) is 63.8 Å². The first-order chi connectivity index (χ1) is 39.5. The molecule has 0 spiro atoms. The highest BCUT2D eigenvalue weighted by molar-refractivity contribution is 7.89. The third-order valence-corrected chi connectivity index (χ3v) is 20.1. The number of rotatable bonds is 23. The number of benzene rings is 5. The number of carbonyl (C=O) groups is 5. The molecule has 2 heterocycles. The lowest BCUT2D eigenvalue weighted by molar-refractivity contribution is -0.199. The number of nitrogens with zero attached hydrogens (tertiary/aromatic N) is 2. The molecule has 2 bridgehead atoms. The first kappa shape index (κ1) is 60.5. The number of imide groups is 1. The zero-order chi connectivity index (χ0) is 59.6. The average Bonchev–Trinajstić information content (AvgIpc) is 3.40. The van der Waals surface area contributed by atoms with Crippen LogP contribution >= 0.6 is 19.2 Å². The first-order valence-electron chi connectivity index (χ1n) is 26.6. The van der Waals surface area contributed by atoms with Crippen LogP contribution in [0.1, 0.15) is 82.6 Å². The van der Waals surface area contributed by atoms with E-state index in [0.717, 1.165) is 12.5 Å². The second-order valence-electron chi connectivity index (χ2n) is 21.3. The molecule has 0 radical (unpaired) electrons. The Hall–Kier alpha value is -7.05. The van der Waals surface area contributed by atoms with E-state index < -0.39 is 115 Å². The number of urea groups is 2. The lowest BCUT2D eigenvalue weighted by Gasteiger charge is -2.64. The Balaban J connectivity index is 1.01. The van der Waals surface area contributed by atoms with Gasteiger partial charge in [-0.1, -0.05) is 104 Å². The second kappa shape index (κ2) is 24.7. The van der Waals surface area contributed by atoms with Crippen molar-refractivity contribution in [3.63, 3.8) is 0 Å². The Morgan fingerprint density at radius 1 is 0.843 bits per heavy atom. The minimum atomic E-state index is -4.50. The summed E-state index contributed by atoms with van der Waals surface area (Å²) in [5.41, 5.74) is -0.0616. The number of ether oxygens (including phenoxy) is 3. The molecule has 6 atom stereocenters. The van der Waals surface area contributed by atoms with Gasteiger partial charge in [0, 0.05) is 6.54 Å². The molecule has 6 amide bonds. The number of aromatic carboxylic acids is 1. The number of carboxylic acid groups (broad SMARTS) is 1. The van der Waals surface area contributed by atoms with Gasteiger partial charge in [0.05, 0.1) is 86.9 Å². The summed E-state index contributed by atoms with van der Waals surface area (Å²) in [5, 5.41) is 18.1. The van der Waals surface area contributed by atoms with Gasteiger partial charge in [-0.2, -0.15) is 0 Å². The summed E-state index contributed by atoms with van der Waals surface area (Å²) >= 11 is 6.40. The Kier molecular flexibility index (Phi) is 18.0. The molecule has 3 saturated carbocycles. The maximum atomic E-state index is 15.3. The van der Waals surface area contributed by atoms with Crippen molar-refractivity contribution in [3.8, 4) is 17.2 Å². The van der Waals surface area contributed by atoms with E-state index in [1.807, 2.05) is 19.1 Å². The number of carbonyl (C=O) groups excluding carboxylic acids is 4. The number of carboxylic acids is 1. The molecule has 5 aliphatic rings. The molecular weight excluding hydrogens is 1140 g/mol. The minimum absolute atomic E-state index is 0.0401. The van der Waals surface area contributed by atoms with Gasteiger partial charge in [-0.25, -0.2) is 36.4 Å². The third kappa shape index (κ3) is 12.3. The number of amides is 6. The van der Waals surface area contributed by atoms with E-state index >= 15 is 9.18 Å². The molecule has 4 N–H and O–H groups in total. The summed E-state index contributed by atoms with van der Waals surface area (Å²) in [6.07, 6.45) is 0.874. The van der Waals surface area contributed by atoms with Crippen LogP contribution in [0.15, 0.2) is 109 Å². The molecular formula is C57H63BClFN5O16PS. The standard InChI is InChI=1S/C57H63BClFN5O16PS/c1-56(2)38-30-43(56)57(3)44(31-38)80-58(81-57)45(29-37-19-23-41(60)46(53(68)69)49(37)76-5)62-52(67)48(36-17-20-39(21-18-36)82(72,78-32-34-13-9-7-10-14-34)79-33-35-15-11-8-12-16-35)63-54(70)64-26-27-65(55(64)71)83(73,74)28-25-61-51(66)40-22-24-42(75-4)50(77-6)47(40)59/h7-24,38,43-45,48H,25-33H2,1-6H3,(H,61,66)(H,62,67)(H,63,70)(H,68,69)/t38-,43-,44+,45?,48?,57-/m0/s1. The van der Waals surface area contributed by atoms with E-state index in [9.17, 15) is 37.3 Å². The smallest absolute Gasteiger partial charge is 0.482 e. The SMILES string of the molecule is COc1ccc(C(=O)NCCS(=O)(=O)N2CCN(C(=O)NC(C(=O)NC(Cc3ccc(F)c(C(=O)O)c3OC)B3O[C@@H]4C[C@@H]5C[C@@H](C5(C)C)[C@]4(C)O3)c3ccc(P(=O)(OCc4ccccc4)OCc4ccccc4)cc3)C2=O)c(Cl)c1OC. The molecule has 3 aliphatic carbocycles. The van der Waals surface area contributed by atoms with Crippen molar-refractivity contribution < 1.29 is 79.0 Å². The van der Waals surface area contributed by atoms with Crippen LogP contribution < -0.4 is 35.5 Å². The Labute approximate surface area is 485 Å². The predicted molar refractivity (Wildman–Crippen MR) is 303 cm³/mol. The average molecular weight is 1200 g/mol. The summed E-state index contributed by atoms with van der Waals surface area (Å²) in [6.45, 7) is 4.68. The fraction of sp³-hybridized carbons (Fsp3) is 0.386. The van der Waals surface area contributed by atoms with Gasteiger partial charge in [0.15, 0.2) is 11.5 Å². The number of nitrogens with one attached hydrogen (secondary N) is 3. The normalized spacial score (nSPS) is 20.6. The zero-order valence-corrected chi connectivity index (χ0v) is 48.8. The third-order valence-electron chi connectivity index (χ3n) is 16.2. The molecule has 5 fully saturated rings. The second-order valence-corrected chi connectivity index (χ2v) is 25.7. The van der Waals surface area contributed by atoms with Gasteiger partial charge in [-0.3, -0.25) is 14.2 Å². The molecule has 10 rings (SSSR count). The first-order valence-corrected chi connectivity index (χ1v) is 30.2. The lowest BCUT2D eigenvalue weighted by Crippen LogP contribution is -2.65. The summed E-state index contributed by atoms with van der Waals surface area (Å²) < 4.78 is 99.6. The van der Waals surface area contributed by atoms with Gasteiger partial charge in [-0.15, -0.1) is 0 Å². The highest BCUT2D eigenvalue weighted by Gasteiger charge is 2.68. The number of sulfonamides is 1. The van der Waals surface area contributed by atoms with Crippen molar-refractivity contribution in [3.05, 3.63) is 153 Å². The van der Waals surface area contributed by atoms with Crippen LogP contribution in [0, 0.1) is 23.1 Å². The zero-order valence-electron chi connectivity index (χ0n) is 46.3. The van der Waals surface area contributed by atoms with Crippen molar-refractivity contribution in [1.82, 2.24) is 25.2 Å². The van der Waals surface area contributed by atoms with Gasteiger partial charge in [-0.05, 0) is 96.0 Å². The van der Waals surface area contributed by atoms with E-state index in [1.54, 1.807) is 48.5 Å². The van der Waals surface area contributed by atoms with Gasteiger partial charge >= 0.3 is 32.7 Å². The van der Waals surface area contributed by atoms with Crippen LogP contribution in [0.4, 0.5) is 14.0 Å². The molecule has 5 aromatic rings. The van der Waals surface area contributed by atoms with Gasteiger partial charge in [0.1, 0.15) is 23.2 Å². The van der Waals surface area contributed by atoms with Crippen molar-refractivity contribution in [1.29, 1.82) is 0 Å². The van der Waals surface area contributed by atoms with Gasteiger partial charge in [0.2, 0.25) is 15.9 Å². The molecule has 21 nitrogen and oxygen atoms in total. The van der Waals surface area contributed by atoms with E-state index in [2.05, 4.69) is 29.8 Å². The van der Waals surface area contributed by atoms with Crippen LogP contribution in [-0.4, -0.2) is 124 Å². The lowest BCUT2D eigenvalue weighted by atomic mass is 9.43. The van der Waals surface area contributed by atoms with Crippen molar-refractivity contribution >= 4 is 71.5 Å². The Morgan fingerprint density at radius 3 is 2.07 bits per heavy atom. The number of hydrogen-bond acceptors (Lipinski definition) is 15. The Bertz CT molecular complexity index is 3400. The van der Waals surface area contributed by atoms with Gasteiger partial charge in [0.25, 0.3) is 5.91 Å². The molecule has 2 saturated heterocycles. The number of halogens is 2. The summed E-state index contributed by atoms with van der Waals surface area (Å²) in [7, 11) is -5.98. The molecule has 83 heavy (non-hydrogen) atoms. The molecule has 0 aromatic heterocycles. The van der Waals surface area contributed by atoms with Gasteiger partial charge < -0.3 is 53.6 Å². The highest BCUT2D eigenvalue weighted by atomic mass is 35.5. The van der Waals surface area contributed by atoms with Crippen LogP contribution in [0.5, 0.6) is 17.2 Å². The summed E-state index contributed by atoms with van der Waals surface area (Å²) in [4.78, 5) is 69.9. The highest BCUT2D eigenvalue weighted by Crippen LogP contribution is 2.66. The molecule has 26 heteroatoms. The molecule has 2 aliphatic heterocycles. The molecule has 5 aromatic carbocycles. The maximum Gasteiger partial charge on any atom is 0.482 e. The molecule has 440 valence electrons. The van der Waals surface area contributed by atoms with Crippen molar-refractivity contribution in [2.24, 2.45) is 17.3 Å². The number of methoxy groups -OCH3 is 3. The van der Waals surface area contributed by atoms with E-state index in [-0.39, 0.29) is 75.2 Å². The summed E-state index contributed by atoms with van der Waals surface area (Å²) in [5.74, 6) is -5.88.